The van der Waals surface area contributed by atoms with Gasteiger partial charge in [-0.2, -0.15) is 0 Å². The Morgan fingerprint density at radius 2 is 1.42 bits per heavy atom. The molecule has 0 saturated carbocycles. The first kappa shape index (κ1) is 8.31. The maximum atomic E-state index is 9.86. The smallest absolute Gasteiger partial charge is 0.0665 e. The second-order valence-electron chi connectivity index (χ2n) is 4.33. The zero-order valence-electron chi connectivity index (χ0n) is 8.01. The predicted molar refractivity (Wildman–Crippen MR) is 49.8 cm³/mol. The minimum atomic E-state index is -0.0897. The van der Waals surface area contributed by atoms with Crippen LogP contribution >= 0.6 is 0 Å². The molecule has 2 aliphatic carbocycles. The van der Waals surface area contributed by atoms with Crippen LogP contribution in [0.1, 0.15) is 39.5 Å². The topological polar surface area (TPSA) is 20.2 Å². The summed E-state index contributed by atoms with van der Waals surface area (Å²) in [5.74, 6) is 0.880. The molecule has 0 aliphatic heterocycles. The van der Waals surface area contributed by atoms with Gasteiger partial charge in [0.05, 0.1) is 6.10 Å². The molecule has 1 nitrogen and oxygen atoms in total. The number of aliphatic hydroxyl groups is 1. The van der Waals surface area contributed by atoms with E-state index in [2.05, 4.69) is 13.8 Å². The quantitative estimate of drug-likeness (QED) is 0.548. The van der Waals surface area contributed by atoms with E-state index in [4.69, 9.17) is 0 Å². The molecule has 0 amide bonds. The molecule has 0 radical (unpaired) electrons. The molecule has 0 spiro atoms. The second kappa shape index (κ2) is 2.88. The summed E-state index contributed by atoms with van der Waals surface area (Å²) in [7, 11) is 0. The first-order valence-electron chi connectivity index (χ1n) is 5.11. The van der Waals surface area contributed by atoms with Gasteiger partial charge in [-0.05, 0) is 25.7 Å². The molecule has 2 aliphatic rings. The minimum absolute atomic E-state index is 0.0897. The Balaban J connectivity index is 2.28. The van der Waals surface area contributed by atoms with Gasteiger partial charge >= 0.3 is 0 Å². The Bertz CT molecular complexity index is 195. The van der Waals surface area contributed by atoms with Crippen LogP contribution in [0.15, 0.2) is 11.1 Å². The fourth-order valence-corrected chi connectivity index (χ4v) is 2.84. The first-order chi connectivity index (χ1) is 5.72. The lowest BCUT2D eigenvalue weighted by Gasteiger charge is -2.17. The van der Waals surface area contributed by atoms with E-state index in [1.54, 1.807) is 11.1 Å². The van der Waals surface area contributed by atoms with Gasteiger partial charge in [0.15, 0.2) is 0 Å². The maximum absolute atomic E-state index is 9.86. The Hall–Kier alpha value is -0.300. The van der Waals surface area contributed by atoms with Crippen molar-refractivity contribution >= 4 is 0 Å². The zero-order valence-corrected chi connectivity index (χ0v) is 8.01. The van der Waals surface area contributed by atoms with Gasteiger partial charge in [-0.25, -0.2) is 0 Å². The van der Waals surface area contributed by atoms with Crippen molar-refractivity contribution in [3.8, 4) is 0 Å². The van der Waals surface area contributed by atoms with Gasteiger partial charge in [0, 0.05) is 11.8 Å². The van der Waals surface area contributed by atoms with Crippen LogP contribution in [0, 0.1) is 11.8 Å². The Morgan fingerprint density at radius 3 is 1.83 bits per heavy atom. The minimum Gasteiger partial charge on any atom is -0.392 e. The fourth-order valence-electron chi connectivity index (χ4n) is 2.84. The third-order valence-electron chi connectivity index (χ3n) is 3.68. The molecule has 0 bridgehead atoms. The van der Waals surface area contributed by atoms with Crippen molar-refractivity contribution in [2.45, 2.75) is 45.6 Å². The van der Waals surface area contributed by atoms with Gasteiger partial charge in [0.1, 0.15) is 0 Å². The van der Waals surface area contributed by atoms with E-state index >= 15 is 0 Å². The van der Waals surface area contributed by atoms with E-state index in [1.807, 2.05) is 0 Å². The van der Waals surface area contributed by atoms with Gasteiger partial charge in [-0.1, -0.05) is 25.0 Å². The molecule has 0 aromatic heterocycles. The van der Waals surface area contributed by atoms with E-state index in [0.717, 1.165) is 0 Å². The van der Waals surface area contributed by atoms with Crippen LogP contribution in [0.2, 0.25) is 0 Å². The van der Waals surface area contributed by atoms with Crippen LogP contribution in [-0.2, 0) is 0 Å². The number of rotatable bonds is 0. The summed E-state index contributed by atoms with van der Waals surface area (Å²) in [6.45, 7) is 4.35. The molecule has 0 fully saturated rings. The average molecular weight is 166 g/mol. The lowest BCUT2D eigenvalue weighted by atomic mass is 9.89. The molecule has 0 aromatic carbocycles. The van der Waals surface area contributed by atoms with E-state index in [9.17, 15) is 5.11 Å². The van der Waals surface area contributed by atoms with Crippen LogP contribution in [0.25, 0.3) is 0 Å². The monoisotopic (exact) mass is 166 g/mol. The third-order valence-corrected chi connectivity index (χ3v) is 3.68. The lowest BCUT2D eigenvalue weighted by Crippen LogP contribution is -2.19. The summed E-state index contributed by atoms with van der Waals surface area (Å²) in [5.41, 5.74) is 3.17. The largest absolute Gasteiger partial charge is 0.392 e. The lowest BCUT2D eigenvalue weighted by molar-refractivity contribution is 0.109. The SMILES string of the molecule is C[C@H]1C2=C(CCCC2)[C@H](C)C1O. The van der Waals surface area contributed by atoms with Crippen molar-refractivity contribution in [3.63, 3.8) is 0 Å². The highest BCUT2D eigenvalue weighted by molar-refractivity contribution is 5.29. The van der Waals surface area contributed by atoms with E-state index in [1.165, 1.54) is 25.7 Å². The molecule has 12 heavy (non-hydrogen) atoms. The molecule has 0 unspecified atom stereocenters. The van der Waals surface area contributed by atoms with Gasteiger partial charge in [-0.3, -0.25) is 0 Å². The van der Waals surface area contributed by atoms with Crippen LogP contribution in [0.5, 0.6) is 0 Å². The van der Waals surface area contributed by atoms with E-state index in [0.29, 0.717) is 11.8 Å². The number of aliphatic hydroxyl groups excluding tert-OH is 1. The van der Waals surface area contributed by atoms with Crippen LogP contribution in [0.3, 0.4) is 0 Å². The summed E-state index contributed by atoms with van der Waals surface area (Å²) in [5, 5.41) is 9.86. The third kappa shape index (κ3) is 1.03. The molecule has 68 valence electrons. The molecule has 0 saturated heterocycles. The summed E-state index contributed by atoms with van der Waals surface area (Å²) in [6.07, 6.45) is 5.08. The summed E-state index contributed by atoms with van der Waals surface area (Å²) >= 11 is 0. The Labute approximate surface area is 74.5 Å². The van der Waals surface area contributed by atoms with Gasteiger partial charge < -0.3 is 5.11 Å². The molecule has 2 rings (SSSR count). The highest BCUT2D eigenvalue weighted by atomic mass is 16.3. The average Bonchev–Trinajstić information content (AvgIpc) is 2.33. The van der Waals surface area contributed by atoms with Crippen molar-refractivity contribution in [2.24, 2.45) is 11.8 Å². The van der Waals surface area contributed by atoms with Crippen LogP contribution in [-0.4, -0.2) is 11.2 Å². The second-order valence-corrected chi connectivity index (χ2v) is 4.33. The standard InChI is InChI=1S/C11H18O/c1-7-9-5-3-4-6-10(9)8(2)11(7)12/h7-8,11-12H,3-6H2,1-2H3/t7-,8-/m0/s1. The first-order valence-corrected chi connectivity index (χ1v) is 5.11. The molecule has 1 N–H and O–H groups in total. The van der Waals surface area contributed by atoms with Crippen molar-refractivity contribution in [1.82, 2.24) is 0 Å². The maximum Gasteiger partial charge on any atom is 0.0665 e. The number of hydrogen-bond donors (Lipinski definition) is 1. The van der Waals surface area contributed by atoms with Crippen molar-refractivity contribution < 1.29 is 5.11 Å². The molecule has 0 aromatic rings. The van der Waals surface area contributed by atoms with Gasteiger partial charge in [-0.15, -0.1) is 0 Å². The zero-order chi connectivity index (χ0) is 8.72. The Kier molecular flexibility index (Phi) is 1.99. The molecule has 2 atom stereocenters. The van der Waals surface area contributed by atoms with Crippen molar-refractivity contribution in [1.29, 1.82) is 0 Å². The van der Waals surface area contributed by atoms with Crippen molar-refractivity contribution in [2.75, 3.05) is 0 Å². The highest BCUT2D eigenvalue weighted by Gasteiger charge is 2.36. The number of hydrogen-bond acceptors (Lipinski definition) is 1. The van der Waals surface area contributed by atoms with Gasteiger partial charge in [0.25, 0.3) is 0 Å². The van der Waals surface area contributed by atoms with Gasteiger partial charge in [0.2, 0.25) is 0 Å². The Morgan fingerprint density at radius 1 is 1.00 bits per heavy atom. The van der Waals surface area contributed by atoms with Crippen molar-refractivity contribution in [3.05, 3.63) is 11.1 Å². The van der Waals surface area contributed by atoms with Crippen LogP contribution in [0.4, 0.5) is 0 Å². The van der Waals surface area contributed by atoms with E-state index < -0.39 is 0 Å². The predicted octanol–water partition coefficient (Wildman–Crippen LogP) is 2.50. The molecular formula is C11H18O. The summed E-state index contributed by atoms with van der Waals surface area (Å²) < 4.78 is 0. The van der Waals surface area contributed by atoms with E-state index in [-0.39, 0.29) is 6.10 Å². The fraction of sp³-hybridized carbons (Fsp3) is 0.818. The summed E-state index contributed by atoms with van der Waals surface area (Å²) in [6, 6.07) is 0. The molecular weight excluding hydrogens is 148 g/mol. The highest BCUT2D eigenvalue weighted by Crippen LogP contribution is 2.44. The molecule has 1 heteroatoms. The van der Waals surface area contributed by atoms with Crippen LogP contribution < -0.4 is 0 Å². The normalized spacial score (nSPS) is 37.2. The molecule has 0 heterocycles. The summed E-state index contributed by atoms with van der Waals surface area (Å²) in [4.78, 5) is 0.